The zero-order valence-electron chi connectivity index (χ0n) is 12.5. The van der Waals surface area contributed by atoms with Crippen LogP contribution in [0.4, 0.5) is 0 Å². The summed E-state index contributed by atoms with van der Waals surface area (Å²) in [6.07, 6.45) is 1.35. The van der Waals surface area contributed by atoms with Crippen LogP contribution >= 0.6 is 0 Å². The number of H-pyrrole nitrogens is 1. The topological polar surface area (TPSA) is 111 Å². The van der Waals surface area contributed by atoms with E-state index in [1.54, 1.807) is 12.1 Å². The lowest BCUT2D eigenvalue weighted by Gasteiger charge is -1.98. The van der Waals surface area contributed by atoms with Crippen molar-refractivity contribution >= 4 is 12.1 Å². The number of hydrogen-bond donors (Lipinski definition) is 4. The second-order valence-corrected chi connectivity index (χ2v) is 4.98. The van der Waals surface area contributed by atoms with Gasteiger partial charge in [0.2, 0.25) is 0 Å². The first-order valence-electron chi connectivity index (χ1n) is 7.10. The van der Waals surface area contributed by atoms with Gasteiger partial charge in [0, 0.05) is 5.56 Å². The molecule has 0 unspecified atom stereocenters. The Labute approximate surface area is 137 Å². The molecule has 1 heterocycles. The first kappa shape index (κ1) is 15.3. The van der Waals surface area contributed by atoms with Gasteiger partial charge < -0.3 is 10.2 Å². The van der Waals surface area contributed by atoms with E-state index >= 15 is 0 Å². The fourth-order valence-electron chi connectivity index (χ4n) is 2.04. The van der Waals surface area contributed by atoms with Gasteiger partial charge in [-0.2, -0.15) is 10.2 Å². The Bertz CT molecular complexity index is 888. The number of hydrazone groups is 1. The van der Waals surface area contributed by atoms with E-state index in [4.69, 9.17) is 0 Å². The maximum Gasteiger partial charge on any atom is 0.289 e. The van der Waals surface area contributed by atoms with Gasteiger partial charge in [-0.3, -0.25) is 9.89 Å². The smallest absolute Gasteiger partial charge is 0.289 e. The highest BCUT2D eigenvalue weighted by molar-refractivity contribution is 5.94. The van der Waals surface area contributed by atoms with Crippen molar-refractivity contribution < 1.29 is 15.0 Å². The zero-order valence-corrected chi connectivity index (χ0v) is 12.5. The number of phenols is 2. The molecule has 24 heavy (non-hydrogen) atoms. The molecular formula is C17H14N4O3. The third kappa shape index (κ3) is 3.41. The lowest BCUT2D eigenvalue weighted by atomic mass is 10.1. The van der Waals surface area contributed by atoms with Crippen LogP contribution in [0.3, 0.4) is 0 Å². The molecule has 2 aromatic carbocycles. The van der Waals surface area contributed by atoms with Gasteiger partial charge >= 0.3 is 0 Å². The van der Waals surface area contributed by atoms with E-state index in [0.29, 0.717) is 11.3 Å². The minimum atomic E-state index is -0.441. The Kier molecular flexibility index (Phi) is 4.24. The van der Waals surface area contributed by atoms with Crippen molar-refractivity contribution in [1.29, 1.82) is 0 Å². The number of carbonyl (C=O) groups is 1. The number of aromatic hydroxyl groups is 2. The Morgan fingerprint density at radius 2 is 1.88 bits per heavy atom. The second kappa shape index (κ2) is 6.66. The molecule has 0 spiro atoms. The first-order chi connectivity index (χ1) is 11.6. The summed E-state index contributed by atoms with van der Waals surface area (Å²) in [5.41, 5.74) is 4.73. The molecule has 120 valence electrons. The van der Waals surface area contributed by atoms with Gasteiger partial charge in [-0.15, -0.1) is 0 Å². The summed E-state index contributed by atoms with van der Waals surface area (Å²) in [6, 6.07) is 15.3. The van der Waals surface area contributed by atoms with Crippen molar-refractivity contribution in [2.75, 3.05) is 0 Å². The van der Waals surface area contributed by atoms with Crippen molar-refractivity contribution in [2.45, 2.75) is 0 Å². The fourth-order valence-corrected chi connectivity index (χ4v) is 2.04. The summed E-state index contributed by atoms with van der Waals surface area (Å²) in [5.74, 6) is -0.919. The largest absolute Gasteiger partial charge is 0.504 e. The van der Waals surface area contributed by atoms with Crippen LogP contribution in [0.15, 0.2) is 59.7 Å². The lowest BCUT2D eigenvalue weighted by molar-refractivity contribution is 0.0950. The molecule has 3 aromatic rings. The highest BCUT2D eigenvalue weighted by Gasteiger charge is 2.10. The molecule has 0 saturated carbocycles. The number of carbonyl (C=O) groups excluding carboxylic acids is 1. The monoisotopic (exact) mass is 322 g/mol. The van der Waals surface area contributed by atoms with Gasteiger partial charge in [0.25, 0.3) is 5.91 Å². The highest BCUT2D eigenvalue weighted by atomic mass is 16.3. The van der Waals surface area contributed by atoms with Crippen LogP contribution in [0.1, 0.15) is 16.1 Å². The van der Waals surface area contributed by atoms with Crippen LogP contribution in [-0.4, -0.2) is 32.5 Å². The quantitative estimate of drug-likeness (QED) is 0.335. The van der Waals surface area contributed by atoms with E-state index in [2.05, 4.69) is 20.7 Å². The summed E-state index contributed by atoms with van der Waals surface area (Å²) < 4.78 is 0. The van der Waals surface area contributed by atoms with Crippen LogP contribution < -0.4 is 5.43 Å². The minimum absolute atomic E-state index is 0.220. The van der Waals surface area contributed by atoms with Crippen molar-refractivity contribution in [2.24, 2.45) is 5.10 Å². The van der Waals surface area contributed by atoms with E-state index in [1.807, 2.05) is 30.3 Å². The molecule has 0 aliphatic rings. The number of amides is 1. The predicted molar refractivity (Wildman–Crippen MR) is 88.9 cm³/mol. The van der Waals surface area contributed by atoms with Gasteiger partial charge in [0.15, 0.2) is 11.5 Å². The van der Waals surface area contributed by atoms with Gasteiger partial charge in [-0.1, -0.05) is 30.3 Å². The van der Waals surface area contributed by atoms with E-state index in [1.165, 1.54) is 18.3 Å². The second-order valence-electron chi connectivity index (χ2n) is 4.98. The molecule has 1 aromatic heterocycles. The average Bonchev–Trinajstić information content (AvgIpc) is 3.09. The molecule has 0 bridgehead atoms. The summed E-state index contributed by atoms with van der Waals surface area (Å²) in [6.45, 7) is 0. The number of benzene rings is 2. The molecule has 4 N–H and O–H groups in total. The molecule has 0 saturated heterocycles. The molecule has 1 amide bonds. The van der Waals surface area contributed by atoms with Crippen molar-refractivity contribution in [3.8, 4) is 22.8 Å². The SMILES string of the molecule is O=C(N/N=C/c1ccc(O)c(O)c1)c1cc(-c2ccccc2)n[nH]1. The van der Waals surface area contributed by atoms with Crippen molar-refractivity contribution in [1.82, 2.24) is 15.6 Å². The van der Waals surface area contributed by atoms with E-state index in [0.717, 1.165) is 5.56 Å². The Morgan fingerprint density at radius 1 is 1.08 bits per heavy atom. The van der Waals surface area contributed by atoms with Crippen LogP contribution in [0.2, 0.25) is 0 Å². The molecule has 0 aliphatic carbocycles. The van der Waals surface area contributed by atoms with Crippen LogP contribution in [0.5, 0.6) is 11.5 Å². The van der Waals surface area contributed by atoms with Crippen LogP contribution in [0.25, 0.3) is 11.3 Å². The number of hydrogen-bond acceptors (Lipinski definition) is 5. The highest BCUT2D eigenvalue weighted by Crippen LogP contribution is 2.24. The van der Waals surface area contributed by atoms with E-state index in [-0.39, 0.29) is 17.2 Å². The molecular weight excluding hydrogens is 308 g/mol. The minimum Gasteiger partial charge on any atom is -0.504 e. The normalized spacial score (nSPS) is 10.8. The van der Waals surface area contributed by atoms with Gasteiger partial charge in [0.05, 0.1) is 11.9 Å². The third-order valence-electron chi connectivity index (χ3n) is 3.27. The molecule has 7 heteroatoms. The summed E-state index contributed by atoms with van der Waals surface area (Å²) in [4.78, 5) is 12.0. The molecule has 0 aliphatic heterocycles. The van der Waals surface area contributed by atoms with E-state index in [9.17, 15) is 15.0 Å². The fraction of sp³-hybridized carbons (Fsp3) is 0. The number of aromatic nitrogens is 2. The van der Waals surface area contributed by atoms with Gasteiger partial charge in [-0.05, 0) is 29.8 Å². The summed E-state index contributed by atoms with van der Waals surface area (Å²) in [5, 5.41) is 29.2. The molecule has 3 rings (SSSR count). The Morgan fingerprint density at radius 3 is 2.62 bits per heavy atom. The molecule has 0 fully saturated rings. The van der Waals surface area contributed by atoms with Crippen LogP contribution in [0, 0.1) is 0 Å². The van der Waals surface area contributed by atoms with Crippen molar-refractivity contribution in [3.63, 3.8) is 0 Å². The predicted octanol–water partition coefficient (Wildman–Crippen LogP) is 2.25. The Hall–Kier alpha value is -3.61. The van der Waals surface area contributed by atoms with Crippen LogP contribution in [-0.2, 0) is 0 Å². The average molecular weight is 322 g/mol. The lowest BCUT2D eigenvalue weighted by Crippen LogP contribution is -2.17. The molecule has 7 nitrogen and oxygen atoms in total. The molecule has 0 atom stereocenters. The van der Waals surface area contributed by atoms with Gasteiger partial charge in [0.1, 0.15) is 5.69 Å². The number of nitrogens with one attached hydrogen (secondary N) is 2. The summed E-state index contributed by atoms with van der Waals surface area (Å²) >= 11 is 0. The third-order valence-corrected chi connectivity index (χ3v) is 3.27. The first-order valence-corrected chi connectivity index (χ1v) is 7.10. The maximum absolute atomic E-state index is 12.0. The zero-order chi connectivity index (χ0) is 16.9. The standard InChI is InChI=1S/C17H14N4O3/c22-15-7-6-11(8-16(15)23)10-18-21-17(24)14-9-13(19-20-14)12-4-2-1-3-5-12/h1-10,22-23H,(H,19,20)(H,21,24)/b18-10+. The molecule has 0 radical (unpaired) electrons. The number of nitrogens with zero attached hydrogens (tertiary/aromatic N) is 2. The van der Waals surface area contributed by atoms with Crippen molar-refractivity contribution in [3.05, 3.63) is 65.9 Å². The number of rotatable bonds is 4. The number of phenolic OH excluding ortho intramolecular Hbond substituents is 2. The Balaban J connectivity index is 1.66. The number of aromatic amines is 1. The summed E-state index contributed by atoms with van der Waals surface area (Å²) in [7, 11) is 0. The van der Waals surface area contributed by atoms with E-state index < -0.39 is 5.91 Å². The van der Waals surface area contributed by atoms with Gasteiger partial charge in [-0.25, -0.2) is 5.43 Å². The maximum atomic E-state index is 12.0.